The number of nitrogens with one attached hydrogen (secondary N) is 1. The molecule has 3 atom stereocenters. The number of carbonyl (C=O) groups is 1. The van der Waals surface area contributed by atoms with Crippen molar-refractivity contribution in [2.24, 2.45) is 0 Å². The number of aliphatic hydroxyl groups excluding tert-OH is 1. The Bertz CT molecular complexity index is 1030. The van der Waals surface area contributed by atoms with Crippen LogP contribution in [0.3, 0.4) is 0 Å². The molecule has 172 valence electrons. The van der Waals surface area contributed by atoms with E-state index in [4.69, 9.17) is 23.2 Å². The van der Waals surface area contributed by atoms with E-state index < -0.39 is 17.8 Å². The molecule has 0 spiro atoms. The molecule has 1 aliphatic heterocycles. The molecule has 0 radical (unpaired) electrons. The van der Waals surface area contributed by atoms with E-state index in [2.05, 4.69) is 5.32 Å². The van der Waals surface area contributed by atoms with Gasteiger partial charge in [0.2, 0.25) is 5.91 Å². The van der Waals surface area contributed by atoms with Crippen LogP contribution in [0.5, 0.6) is 0 Å². The van der Waals surface area contributed by atoms with E-state index in [0.29, 0.717) is 18.5 Å². The van der Waals surface area contributed by atoms with Crippen LogP contribution in [0.4, 0.5) is 18.9 Å². The SMILES string of the molecule is CCC(=O)NC1CCc2cc(N3CCC(c4cc(Cl)cc(Cl)c4)(C(F)(F)F)[C@@H]3O)ccc21. The van der Waals surface area contributed by atoms with Crippen LogP contribution < -0.4 is 10.2 Å². The van der Waals surface area contributed by atoms with Gasteiger partial charge in [-0.15, -0.1) is 0 Å². The fraction of sp³-hybridized carbons (Fsp3) is 0.435. The van der Waals surface area contributed by atoms with E-state index in [1.807, 2.05) is 12.1 Å². The number of benzene rings is 2. The van der Waals surface area contributed by atoms with Crippen LogP contribution in [0.25, 0.3) is 0 Å². The van der Waals surface area contributed by atoms with Crippen molar-refractivity contribution in [2.75, 3.05) is 11.4 Å². The van der Waals surface area contributed by atoms with Crippen LogP contribution in [-0.2, 0) is 16.6 Å². The Morgan fingerprint density at radius 1 is 1.22 bits per heavy atom. The summed E-state index contributed by atoms with van der Waals surface area (Å²) in [6.45, 7) is 1.79. The van der Waals surface area contributed by atoms with E-state index in [1.165, 1.54) is 23.1 Å². The highest BCUT2D eigenvalue weighted by atomic mass is 35.5. The van der Waals surface area contributed by atoms with Gasteiger partial charge in [0, 0.05) is 28.7 Å². The fourth-order valence-electron chi connectivity index (χ4n) is 4.87. The van der Waals surface area contributed by atoms with Crippen molar-refractivity contribution in [1.29, 1.82) is 0 Å². The van der Waals surface area contributed by atoms with E-state index in [0.717, 1.165) is 17.5 Å². The summed E-state index contributed by atoms with van der Waals surface area (Å²) in [6, 6.07) is 9.05. The summed E-state index contributed by atoms with van der Waals surface area (Å²) in [5.74, 6) is -0.0444. The lowest BCUT2D eigenvalue weighted by molar-refractivity contribution is -0.210. The lowest BCUT2D eigenvalue weighted by Crippen LogP contribution is -2.52. The van der Waals surface area contributed by atoms with Gasteiger partial charge in [-0.3, -0.25) is 4.79 Å². The van der Waals surface area contributed by atoms with Crippen molar-refractivity contribution in [3.63, 3.8) is 0 Å². The molecule has 2 aromatic carbocycles. The third-order valence-corrected chi connectivity index (χ3v) is 7.00. The Morgan fingerprint density at radius 3 is 2.53 bits per heavy atom. The molecule has 4 nitrogen and oxygen atoms in total. The molecule has 2 N–H and O–H groups in total. The summed E-state index contributed by atoms with van der Waals surface area (Å²) in [7, 11) is 0. The standard InChI is InChI=1S/C23H23Cl2F3N2O2/c1-2-20(31)29-19-6-3-13-9-17(4-5-18(13)19)30-8-7-22(21(30)32,23(26,27)28)14-10-15(24)12-16(25)11-14/h4-5,9-12,19,21,32H,2-3,6-8H2,1H3,(H,29,31)/t19?,21-,22?/m0/s1. The first-order valence-corrected chi connectivity index (χ1v) is 11.2. The van der Waals surface area contributed by atoms with Crippen LogP contribution in [0.2, 0.25) is 10.0 Å². The van der Waals surface area contributed by atoms with Gasteiger partial charge in [0.15, 0.2) is 0 Å². The number of anilines is 1. The van der Waals surface area contributed by atoms with Crippen molar-refractivity contribution in [3.8, 4) is 0 Å². The highest BCUT2D eigenvalue weighted by Gasteiger charge is 2.65. The molecule has 1 heterocycles. The first-order chi connectivity index (χ1) is 15.1. The Hall–Kier alpha value is -1.96. The Morgan fingerprint density at radius 2 is 1.91 bits per heavy atom. The third kappa shape index (κ3) is 3.84. The number of fused-ring (bicyclic) bond motifs is 1. The Balaban J connectivity index is 1.68. The summed E-state index contributed by atoms with van der Waals surface area (Å²) in [5.41, 5.74) is -0.226. The minimum atomic E-state index is -4.72. The van der Waals surface area contributed by atoms with Gasteiger partial charge >= 0.3 is 6.18 Å². The third-order valence-electron chi connectivity index (χ3n) is 6.56. The Labute approximate surface area is 194 Å². The molecule has 1 fully saturated rings. The second kappa shape index (κ2) is 8.43. The summed E-state index contributed by atoms with van der Waals surface area (Å²) in [5, 5.41) is 14.2. The highest BCUT2D eigenvalue weighted by Crippen LogP contribution is 2.52. The predicted molar refractivity (Wildman–Crippen MR) is 118 cm³/mol. The zero-order valence-corrected chi connectivity index (χ0v) is 18.9. The molecule has 0 saturated carbocycles. The minimum absolute atomic E-state index is 0.0135. The van der Waals surface area contributed by atoms with Gasteiger partial charge in [-0.05, 0) is 66.3 Å². The molecule has 4 rings (SSSR count). The van der Waals surface area contributed by atoms with E-state index in [9.17, 15) is 23.1 Å². The summed E-state index contributed by atoms with van der Waals surface area (Å²) >= 11 is 12.0. The van der Waals surface area contributed by atoms with E-state index in [1.54, 1.807) is 13.0 Å². The average Bonchev–Trinajstić information content (AvgIpc) is 3.28. The first-order valence-electron chi connectivity index (χ1n) is 10.5. The van der Waals surface area contributed by atoms with Gasteiger partial charge in [-0.25, -0.2) is 0 Å². The summed E-state index contributed by atoms with van der Waals surface area (Å²) < 4.78 is 43.3. The van der Waals surface area contributed by atoms with Gasteiger partial charge in [-0.2, -0.15) is 13.2 Å². The van der Waals surface area contributed by atoms with E-state index >= 15 is 0 Å². The van der Waals surface area contributed by atoms with Crippen molar-refractivity contribution in [1.82, 2.24) is 5.32 Å². The number of amides is 1. The van der Waals surface area contributed by atoms with Crippen LogP contribution >= 0.6 is 23.2 Å². The van der Waals surface area contributed by atoms with Gasteiger partial charge in [0.25, 0.3) is 0 Å². The quantitative estimate of drug-likeness (QED) is 0.596. The molecule has 2 aliphatic rings. The topological polar surface area (TPSA) is 52.6 Å². The number of halogens is 5. The maximum atomic E-state index is 14.4. The van der Waals surface area contributed by atoms with Gasteiger partial charge in [0.1, 0.15) is 11.6 Å². The first kappa shape index (κ1) is 23.2. The zero-order valence-electron chi connectivity index (χ0n) is 17.3. The number of alkyl halides is 3. The lowest BCUT2D eigenvalue weighted by Gasteiger charge is -2.37. The van der Waals surface area contributed by atoms with Crippen LogP contribution in [-0.4, -0.2) is 30.0 Å². The second-order valence-corrected chi connectivity index (χ2v) is 9.21. The summed E-state index contributed by atoms with van der Waals surface area (Å²) in [4.78, 5) is 13.1. The molecule has 0 aromatic heterocycles. The second-order valence-electron chi connectivity index (χ2n) is 8.34. The normalized spacial score (nSPS) is 25.2. The van der Waals surface area contributed by atoms with Crippen molar-refractivity contribution < 1.29 is 23.1 Å². The van der Waals surface area contributed by atoms with Crippen molar-refractivity contribution in [2.45, 2.75) is 56.5 Å². The number of aryl methyl sites for hydroxylation is 1. The van der Waals surface area contributed by atoms with Crippen LogP contribution in [0.1, 0.15) is 48.9 Å². The number of hydrogen-bond donors (Lipinski definition) is 2. The number of aliphatic hydroxyl groups is 1. The molecule has 32 heavy (non-hydrogen) atoms. The minimum Gasteiger partial charge on any atom is -0.372 e. The molecule has 9 heteroatoms. The maximum absolute atomic E-state index is 14.4. The number of rotatable bonds is 4. The smallest absolute Gasteiger partial charge is 0.372 e. The molecular formula is C23H23Cl2F3N2O2. The van der Waals surface area contributed by atoms with Gasteiger partial charge < -0.3 is 15.3 Å². The lowest BCUT2D eigenvalue weighted by atomic mass is 9.77. The molecule has 0 bridgehead atoms. The zero-order chi connectivity index (χ0) is 23.3. The monoisotopic (exact) mass is 486 g/mol. The van der Waals surface area contributed by atoms with Crippen LogP contribution in [0.15, 0.2) is 36.4 Å². The fourth-order valence-corrected chi connectivity index (χ4v) is 5.40. The molecule has 2 unspecified atom stereocenters. The van der Waals surface area contributed by atoms with Crippen molar-refractivity contribution >= 4 is 34.8 Å². The highest BCUT2D eigenvalue weighted by molar-refractivity contribution is 6.34. The molecular weight excluding hydrogens is 464 g/mol. The predicted octanol–water partition coefficient (Wildman–Crippen LogP) is 5.54. The number of hydrogen-bond acceptors (Lipinski definition) is 3. The molecule has 1 saturated heterocycles. The van der Waals surface area contributed by atoms with Gasteiger partial charge in [0.05, 0.1) is 6.04 Å². The van der Waals surface area contributed by atoms with Gasteiger partial charge in [-0.1, -0.05) is 36.2 Å². The molecule has 2 aromatic rings. The van der Waals surface area contributed by atoms with E-state index in [-0.39, 0.29) is 40.5 Å². The Kier molecular flexibility index (Phi) is 6.11. The molecule has 1 aliphatic carbocycles. The van der Waals surface area contributed by atoms with Crippen molar-refractivity contribution in [3.05, 3.63) is 63.1 Å². The molecule has 1 amide bonds. The summed E-state index contributed by atoms with van der Waals surface area (Å²) in [6.07, 6.45) is -5.07. The van der Waals surface area contributed by atoms with Crippen LogP contribution in [0, 0.1) is 0 Å². The largest absolute Gasteiger partial charge is 0.402 e. The number of carbonyl (C=O) groups excluding carboxylic acids is 1. The number of nitrogens with zero attached hydrogens (tertiary/aromatic N) is 1. The maximum Gasteiger partial charge on any atom is 0.402 e. The average molecular weight is 487 g/mol.